The number of ether oxygens (including phenoxy) is 2. The topological polar surface area (TPSA) is 224 Å². The molecule has 2 aromatic heterocycles. The zero-order valence-electron chi connectivity index (χ0n) is 33.1. The minimum Gasteiger partial charge on any atom is -0.534 e. The third kappa shape index (κ3) is 8.35. The Kier molecular flexibility index (Phi) is 12.7. The Morgan fingerprint density at radius 2 is 1.64 bits per heavy atom. The van der Waals surface area contributed by atoms with Crippen LogP contribution >= 0.6 is 69.4 Å². The molecule has 0 radical (unpaired) electrons. The van der Waals surface area contributed by atoms with Crippen molar-refractivity contribution in [1.29, 1.82) is 0 Å². The number of methoxy groups -OCH3 is 2. The van der Waals surface area contributed by atoms with Gasteiger partial charge in [0.25, 0.3) is 0 Å². The predicted octanol–water partition coefficient (Wildman–Crippen LogP) is 6.86. The van der Waals surface area contributed by atoms with Gasteiger partial charge in [-0.15, -0.1) is 20.4 Å². The highest BCUT2D eigenvalue weighted by Crippen LogP contribution is 2.66. The molecule has 4 fully saturated rings. The van der Waals surface area contributed by atoms with Gasteiger partial charge in [0, 0.05) is 0 Å². The highest BCUT2D eigenvalue weighted by atomic mass is 35.5. The fourth-order valence-electron chi connectivity index (χ4n) is 8.84. The van der Waals surface area contributed by atoms with Gasteiger partial charge in [0.2, 0.25) is 10.3 Å². The van der Waals surface area contributed by atoms with Crippen molar-refractivity contribution in [2.75, 3.05) is 25.7 Å². The lowest BCUT2D eigenvalue weighted by Crippen LogP contribution is -2.65. The minimum atomic E-state index is -1.25. The molecule has 59 heavy (non-hydrogen) atoms. The average molecular weight is 924 g/mol. The first kappa shape index (κ1) is 44.1. The summed E-state index contributed by atoms with van der Waals surface area (Å²) >= 11 is 18.0. The molecule has 3 saturated carbocycles. The second kappa shape index (κ2) is 17.0. The van der Waals surface area contributed by atoms with Crippen LogP contribution in [0.1, 0.15) is 77.9 Å². The number of rotatable bonds is 11. The van der Waals surface area contributed by atoms with Gasteiger partial charge >= 0.3 is 20.2 Å². The largest absolute Gasteiger partial charge is 0.537 e. The Hall–Kier alpha value is -3.01. The number of hydrogen-bond donors (Lipinski definition) is 4. The Balaban J connectivity index is 0.000000192. The van der Waals surface area contributed by atoms with E-state index in [1.165, 1.54) is 62.0 Å². The summed E-state index contributed by atoms with van der Waals surface area (Å²) in [6.45, 7) is 10.4. The van der Waals surface area contributed by atoms with Crippen LogP contribution in [0.5, 0.6) is 17.2 Å². The zero-order valence-corrected chi connectivity index (χ0v) is 37.9. The second-order valence-electron chi connectivity index (χ2n) is 15.5. The maximum Gasteiger partial charge on any atom is 0.537 e. The number of carboxylic acids is 1. The predicted molar refractivity (Wildman–Crippen MR) is 232 cm³/mol. The molecule has 9 rings (SSSR count). The van der Waals surface area contributed by atoms with E-state index < -0.39 is 25.4 Å². The average Bonchev–Trinajstić information content (AvgIpc) is 3.89. The summed E-state index contributed by atoms with van der Waals surface area (Å²) in [5, 5.41) is 36.3. The van der Waals surface area contributed by atoms with E-state index in [0.717, 1.165) is 21.9 Å². The third-order valence-electron chi connectivity index (χ3n) is 11.9. The van der Waals surface area contributed by atoms with Gasteiger partial charge in [-0.25, -0.2) is 4.79 Å². The number of carboxylic acid groups (broad SMARTS) is 1. The molecule has 0 spiro atoms. The molecule has 15 nitrogen and oxygen atoms in total. The Morgan fingerprint density at radius 1 is 1.02 bits per heavy atom. The number of fused-ring (bicyclic) bond motifs is 1. The maximum atomic E-state index is 12.5. The molecule has 3 aliphatic carbocycles. The number of nitrogen functional groups attached to an aromatic ring is 2. The second-order valence-corrected chi connectivity index (χ2v) is 21.4. The van der Waals surface area contributed by atoms with Gasteiger partial charge in [-0.3, -0.25) is 4.79 Å². The molecule has 1 saturated heterocycles. The molecule has 0 amide bonds. The van der Waals surface area contributed by atoms with Gasteiger partial charge < -0.3 is 45.0 Å². The number of thioether (sulfide) groups is 2. The van der Waals surface area contributed by atoms with Crippen LogP contribution in [-0.2, 0) is 22.2 Å². The van der Waals surface area contributed by atoms with Crippen molar-refractivity contribution in [3.63, 3.8) is 0 Å². The third-order valence-corrected chi connectivity index (χ3v) is 16.6. The number of aromatic nitrogens is 4. The number of Topliss-reactive ketones (excluding diaryl/α,β-unsaturated/α-hetero) is 1. The van der Waals surface area contributed by atoms with Crippen LogP contribution in [0.25, 0.3) is 0 Å². The molecule has 5 aliphatic rings. The zero-order chi connectivity index (χ0) is 42.7. The monoisotopic (exact) mass is 922 g/mol. The number of hydrogen-bond acceptors (Lipinski definition) is 18. The lowest BCUT2D eigenvalue weighted by molar-refractivity contribution is -0.199. The number of benzene rings is 2. The molecule has 23 heteroatoms. The van der Waals surface area contributed by atoms with Crippen LogP contribution in [0, 0.1) is 24.2 Å². The van der Waals surface area contributed by atoms with Gasteiger partial charge in [0.15, 0.2) is 20.2 Å². The molecule has 4 aromatic rings. The number of carbonyl (C=O) groups excluding carboxylic acids is 1. The minimum absolute atomic E-state index is 0.00174. The van der Waals surface area contributed by atoms with Crippen molar-refractivity contribution in [2.24, 2.45) is 17.3 Å². The van der Waals surface area contributed by atoms with Crippen LogP contribution < -0.4 is 25.6 Å². The van der Waals surface area contributed by atoms with E-state index in [9.17, 15) is 19.7 Å². The lowest BCUT2D eigenvalue weighted by Gasteiger charge is -2.64. The van der Waals surface area contributed by atoms with Gasteiger partial charge in [0.1, 0.15) is 17.1 Å². The van der Waals surface area contributed by atoms with Crippen molar-refractivity contribution in [3.8, 4) is 17.2 Å². The fourth-order valence-corrected chi connectivity index (χ4v) is 13.4. The van der Waals surface area contributed by atoms with E-state index in [4.69, 9.17) is 58.1 Å². The summed E-state index contributed by atoms with van der Waals surface area (Å²) in [7, 11) is 1.19. The van der Waals surface area contributed by atoms with Crippen LogP contribution in [0.15, 0.2) is 20.8 Å². The van der Waals surface area contributed by atoms with Crippen LogP contribution in [0.2, 0.25) is 10.0 Å². The van der Waals surface area contributed by atoms with E-state index >= 15 is 0 Å². The first-order valence-electron chi connectivity index (χ1n) is 18.5. The summed E-state index contributed by atoms with van der Waals surface area (Å²) in [6, 6.07) is 3.46. The summed E-state index contributed by atoms with van der Waals surface area (Å²) in [5.74, 6) is 0.271. The molecule has 3 unspecified atom stereocenters. The van der Waals surface area contributed by atoms with Gasteiger partial charge in [-0.1, -0.05) is 83.2 Å². The number of nitrogens with zero attached hydrogens (tertiary/aromatic N) is 4. The maximum absolute atomic E-state index is 12.5. The highest BCUT2D eigenvalue weighted by Gasteiger charge is 2.68. The fraction of sp³-hybridized carbons (Fsp3) is 0.500. The van der Waals surface area contributed by atoms with Crippen LogP contribution in [0.4, 0.5) is 10.3 Å². The van der Waals surface area contributed by atoms with E-state index in [1.54, 1.807) is 17.8 Å². The van der Waals surface area contributed by atoms with Crippen molar-refractivity contribution < 1.29 is 43.2 Å². The summed E-state index contributed by atoms with van der Waals surface area (Å²) < 4.78 is 30.7. The summed E-state index contributed by atoms with van der Waals surface area (Å²) in [5.41, 5.74) is 14.0. The molecule has 314 valence electrons. The smallest absolute Gasteiger partial charge is 0.534 e. The molecule has 2 aliphatic heterocycles. The summed E-state index contributed by atoms with van der Waals surface area (Å²) in [4.78, 5) is 24.0. The van der Waals surface area contributed by atoms with E-state index in [0.29, 0.717) is 61.2 Å². The Bertz CT molecular complexity index is 2290. The number of halogens is 2. The quantitative estimate of drug-likeness (QED) is 0.0685. The van der Waals surface area contributed by atoms with E-state index in [2.05, 4.69) is 41.2 Å². The van der Waals surface area contributed by atoms with Gasteiger partial charge in [-0.05, 0) is 92.5 Å². The van der Waals surface area contributed by atoms with Crippen LogP contribution in [-0.4, -0.2) is 92.7 Å². The molecular weight excluding hydrogens is 881 g/mol. The molecule has 2 bridgehead atoms. The van der Waals surface area contributed by atoms with Crippen molar-refractivity contribution in [2.45, 2.75) is 91.0 Å². The number of anilines is 2. The number of ketones is 1. The molecule has 6 atom stereocenters. The van der Waals surface area contributed by atoms with E-state index in [1.807, 2.05) is 13.0 Å². The molecule has 4 heterocycles. The van der Waals surface area contributed by atoms with Crippen molar-refractivity contribution in [1.82, 2.24) is 20.4 Å². The normalized spacial score (nSPS) is 24.2. The SMILES string of the molecule is COc1c(Cl)cc(C[C@H](Sc2nnc(N)s2)B2OC3CC4CC(C4(C)C)[C@]3(C)O2)c(C)c1C(C)=O.COc1c(Cl)cc2c(c1C(=O)O)OB(O)[C@@H](Sc1nnc(N)s1)C2. The summed E-state index contributed by atoms with van der Waals surface area (Å²) in [6.07, 6.45) is 3.19. The molecular formula is C36H42B2Cl2N6O9S4. The molecule has 6 N–H and O–H groups in total. The first-order valence-corrected chi connectivity index (χ1v) is 22.7. The molecule has 2 aromatic carbocycles. The standard InChI is InChI=1S/C24H31BClN3O4S2.C12H11BClN3O5S2/c1-11-13(7-15(26)20(31-6)19(11)12(2)30)8-18(34-22-29-28-21(27)35-22)25-32-17-10-14-9-16(23(14,3)4)24(17,5)33-25;1-21-9-5(14)2-4-3-6(23-12-17-16-11(15)24-12)13(20)22-8(4)7(9)10(18)19/h7,14,16-18H,8-10H2,1-6H3,(H2,27,28);2,6,20H,3H2,1H3,(H2,15,16)(H,18,19)/t14?,16?,17?,18-,24-;6-/m00/s1. The highest BCUT2D eigenvalue weighted by molar-refractivity contribution is 8.03. The van der Waals surface area contributed by atoms with Gasteiger partial charge in [-0.2, -0.15) is 0 Å². The number of aromatic carboxylic acids is 1. The Morgan fingerprint density at radius 3 is 2.22 bits per heavy atom. The first-order chi connectivity index (χ1) is 27.9. The number of carbonyl (C=O) groups is 2. The van der Waals surface area contributed by atoms with Crippen LogP contribution in [0.3, 0.4) is 0 Å². The lowest BCUT2D eigenvalue weighted by atomic mass is 9.43. The van der Waals surface area contributed by atoms with Crippen molar-refractivity contribution in [3.05, 3.63) is 50.0 Å². The van der Waals surface area contributed by atoms with E-state index in [-0.39, 0.29) is 50.1 Å². The van der Waals surface area contributed by atoms with Gasteiger partial charge in [0.05, 0.1) is 51.8 Å². The van der Waals surface area contributed by atoms with Crippen molar-refractivity contribution >= 4 is 106 Å². The Labute approximate surface area is 368 Å². The number of nitrogens with two attached hydrogens (primary N) is 2.